The van der Waals surface area contributed by atoms with E-state index < -0.39 is 27.8 Å². The van der Waals surface area contributed by atoms with E-state index in [0.29, 0.717) is 5.69 Å². The smallest absolute Gasteiger partial charge is 0.248 e. The quantitative estimate of drug-likeness (QED) is 0.778. The lowest BCUT2D eigenvalue weighted by molar-refractivity contribution is -0.117. The summed E-state index contributed by atoms with van der Waals surface area (Å²) < 4.78 is 40.0. The van der Waals surface area contributed by atoms with Gasteiger partial charge in [0.05, 0.1) is 11.9 Å². The lowest BCUT2D eigenvalue weighted by Gasteiger charge is -2.30. The summed E-state index contributed by atoms with van der Waals surface area (Å²) in [5.74, 6) is -1.19. The third-order valence-corrected chi connectivity index (χ3v) is 5.57. The monoisotopic (exact) mass is 392 g/mol. The predicted molar refractivity (Wildman–Crippen MR) is 107 cm³/mol. The molecule has 27 heavy (non-hydrogen) atoms. The molecule has 0 spiro atoms. The number of nitrogens with zero attached hydrogens (tertiary/aromatic N) is 1. The van der Waals surface area contributed by atoms with Gasteiger partial charge in [-0.2, -0.15) is 0 Å². The van der Waals surface area contributed by atoms with Gasteiger partial charge in [-0.25, -0.2) is 12.8 Å². The maximum Gasteiger partial charge on any atom is 0.248 e. The van der Waals surface area contributed by atoms with Gasteiger partial charge in [0.15, 0.2) is 0 Å². The zero-order valence-electron chi connectivity index (χ0n) is 16.0. The molecule has 0 saturated heterocycles. The Labute approximate surface area is 160 Å². The van der Waals surface area contributed by atoms with Crippen LogP contribution >= 0.6 is 0 Å². The number of benzene rings is 2. The van der Waals surface area contributed by atoms with Gasteiger partial charge in [0.25, 0.3) is 0 Å². The number of hydrogen-bond acceptors (Lipinski definition) is 3. The van der Waals surface area contributed by atoms with Crippen molar-refractivity contribution in [3.63, 3.8) is 0 Å². The molecule has 2 rings (SSSR count). The number of rotatable bonds is 7. The molecule has 1 atom stereocenters. The van der Waals surface area contributed by atoms with Crippen molar-refractivity contribution in [2.45, 2.75) is 39.7 Å². The van der Waals surface area contributed by atoms with Gasteiger partial charge in [-0.1, -0.05) is 44.2 Å². The highest BCUT2D eigenvalue weighted by Crippen LogP contribution is 2.27. The van der Waals surface area contributed by atoms with Crippen LogP contribution in [-0.2, 0) is 21.2 Å². The van der Waals surface area contributed by atoms with Crippen LogP contribution in [0.2, 0.25) is 0 Å². The molecule has 0 aliphatic heterocycles. The standard InChI is InChI=1S/C20H25FN2O3S/c1-5-15-11-9-10-14(3)19(15)22-20(24)17(6-2)23(27(4,25)26)18-13-8-7-12-16(18)21/h7-13,17H,5-6H2,1-4H3,(H,22,24). The summed E-state index contributed by atoms with van der Waals surface area (Å²) in [6.45, 7) is 5.55. The molecule has 146 valence electrons. The van der Waals surface area contributed by atoms with Crippen molar-refractivity contribution in [1.82, 2.24) is 0 Å². The Balaban J connectivity index is 2.47. The van der Waals surface area contributed by atoms with Gasteiger partial charge in [-0.3, -0.25) is 9.10 Å². The lowest BCUT2D eigenvalue weighted by atomic mass is 10.0. The van der Waals surface area contributed by atoms with Crippen LogP contribution in [0.4, 0.5) is 15.8 Å². The Hall–Kier alpha value is -2.41. The number of carbonyl (C=O) groups is 1. The van der Waals surface area contributed by atoms with Crippen LogP contribution in [0.5, 0.6) is 0 Å². The second-order valence-corrected chi connectivity index (χ2v) is 8.25. The highest BCUT2D eigenvalue weighted by atomic mass is 32.2. The summed E-state index contributed by atoms with van der Waals surface area (Å²) in [7, 11) is -3.88. The summed E-state index contributed by atoms with van der Waals surface area (Å²) in [6.07, 6.45) is 1.89. The van der Waals surface area contributed by atoms with Crippen molar-refractivity contribution in [1.29, 1.82) is 0 Å². The number of halogens is 1. The minimum Gasteiger partial charge on any atom is -0.324 e. The molecular weight excluding hydrogens is 367 g/mol. The van der Waals surface area contributed by atoms with E-state index in [-0.39, 0.29) is 12.1 Å². The maximum atomic E-state index is 14.3. The fraction of sp³-hybridized carbons (Fsp3) is 0.350. The maximum absolute atomic E-state index is 14.3. The van der Waals surface area contributed by atoms with Crippen LogP contribution in [-0.4, -0.2) is 26.6 Å². The Kier molecular flexibility index (Phi) is 6.59. The first-order chi connectivity index (χ1) is 12.7. The van der Waals surface area contributed by atoms with E-state index in [9.17, 15) is 17.6 Å². The van der Waals surface area contributed by atoms with E-state index in [2.05, 4.69) is 5.32 Å². The third-order valence-electron chi connectivity index (χ3n) is 4.41. The van der Waals surface area contributed by atoms with E-state index in [1.165, 1.54) is 24.3 Å². The molecule has 0 saturated carbocycles. The second kappa shape index (κ2) is 8.52. The molecule has 1 amide bonds. The van der Waals surface area contributed by atoms with Gasteiger partial charge < -0.3 is 5.32 Å². The average Bonchev–Trinajstić information content (AvgIpc) is 2.61. The van der Waals surface area contributed by atoms with Crippen molar-refractivity contribution in [3.8, 4) is 0 Å². The molecule has 0 aromatic heterocycles. The fourth-order valence-electron chi connectivity index (χ4n) is 3.07. The topological polar surface area (TPSA) is 66.5 Å². The SMILES string of the molecule is CCc1cccc(C)c1NC(=O)C(CC)N(c1ccccc1F)S(C)(=O)=O. The molecule has 0 radical (unpaired) electrons. The van der Waals surface area contributed by atoms with Gasteiger partial charge in [0.1, 0.15) is 11.9 Å². The zero-order chi connectivity index (χ0) is 20.2. The first-order valence-electron chi connectivity index (χ1n) is 8.84. The second-order valence-electron chi connectivity index (χ2n) is 6.39. The summed E-state index contributed by atoms with van der Waals surface area (Å²) in [4.78, 5) is 13.0. The van der Waals surface area contributed by atoms with Gasteiger partial charge in [-0.15, -0.1) is 0 Å². The molecule has 0 aliphatic carbocycles. The van der Waals surface area contributed by atoms with Crippen LogP contribution in [0.3, 0.4) is 0 Å². The van der Waals surface area contributed by atoms with Crippen LogP contribution in [0.1, 0.15) is 31.4 Å². The summed E-state index contributed by atoms with van der Waals surface area (Å²) in [5.41, 5.74) is 2.37. The zero-order valence-corrected chi connectivity index (χ0v) is 16.8. The molecule has 7 heteroatoms. The minimum atomic E-state index is -3.88. The van der Waals surface area contributed by atoms with Crippen molar-refractivity contribution in [2.24, 2.45) is 0 Å². The number of nitrogens with one attached hydrogen (secondary N) is 1. The van der Waals surface area contributed by atoms with E-state index in [1.54, 1.807) is 6.92 Å². The number of anilines is 2. The van der Waals surface area contributed by atoms with Gasteiger partial charge in [0, 0.05) is 5.69 Å². The number of para-hydroxylation sites is 2. The fourth-order valence-corrected chi connectivity index (χ4v) is 4.29. The van der Waals surface area contributed by atoms with Gasteiger partial charge in [-0.05, 0) is 43.0 Å². The summed E-state index contributed by atoms with van der Waals surface area (Å²) >= 11 is 0. The number of aryl methyl sites for hydroxylation is 2. The molecule has 0 aliphatic rings. The first kappa shape index (κ1) is 20.9. The number of hydrogen-bond donors (Lipinski definition) is 1. The Morgan fingerprint density at radius 3 is 2.37 bits per heavy atom. The first-order valence-corrected chi connectivity index (χ1v) is 10.7. The summed E-state index contributed by atoms with van der Waals surface area (Å²) in [6, 6.07) is 10.2. The van der Waals surface area contributed by atoms with Crippen LogP contribution in [0.15, 0.2) is 42.5 Å². The van der Waals surface area contributed by atoms with Crippen molar-refractivity contribution in [3.05, 3.63) is 59.4 Å². The summed E-state index contributed by atoms with van der Waals surface area (Å²) in [5, 5.41) is 2.86. The van der Waals surface area contributed by atoms with Crippen molar-refractivity contribution < 1.29 is 17.6 Å². The third kappa shape index (κ3) is 4.66. The highest BCUT2D eigenvalue weighted by molar-refractivity contribution is 7.92. The molecule has 0 bridgehead atoms. The Bertz CT molecular complexity index is 929. The van der Waals surface area contributed by atoms with Gasteiger partial charge >= 0.3 is 0 Å². The predicted octanol–water partition coefficient (Wildman–Crippen LogP) is 3.88. The highest BCUT2D eigenvalue weighted by Gasteiger charge is 2.33. The lowest BCUT2D eigenvalue weighted by Crippen LogP contribution is -2.47. The van der Waals surface area contributed by atoms with E-state index in [0.717, 1.165) is 28.1 Å². The number of amides is 1. The van der Waals surface area contributed by atoms with Crippen molar-refractivity contribution in [2.75, 3.05) is 15.9 Å². The Morgan fingerprint density at radius 1 is 1.15 bits per heavy atom. The number of carbonyl (C=O) groups excluding carboxylic acids is 1. The van der Waals surface area contributed by atoms with Crippen LogP contribution < -0.4 is 9.62 Å². The largest absolute Gasteiger partial charge is 0.324 e. The molecule has 5 nitrogen and oxygen atoms in total. The molecule has 1 unspecified atom stereocenters. The van der Waals surface area contributed by atoms with Gasteiger partial charge in [0.2, 0.25) is 15.9 Å². The molecule has 2 aromatic rings. The van der Waals surface area contributed by atoms with E-state index in [4.69, 9.17) is 0 Å². The Morgan fingerprint density at radius 2 is 1.81 bits per heavy atom. The minimum absolute atomic E-state index is 0.137. The molecule has 0 fully saturated rings. The molecule has 1 N–H and O–H groups in total. The van der Waals surface area contributed by atoms with Crippen molar-refractivity contribution >= 4 is 27.3 Å². The van der Waals surface area contributed by atoms with Crippen LogP contribution in [0, 0.1) is 12.7 Å². The molecular formula is C20H25FN2O3S. The molecule has 0 heterocycles. The average molecular weight is 392 g/mol. The van der Waals surface area contributed by atoms with Crippen LogP contribution in [0.25, 0.3) is 0 Å². The van der Waals surface area contributed by atoms with E-state index in [1.807, 2.05) is 32.0 Å². The normalized spacial score (nSPS) is 12.5. The van der Waals surface area contributed by atoms with E-state index >= 15 is 0 Å². The number of sulfonamides is 1. The molecule has 2 aromatic carbocycles.